The number of hydrogen-bond acceptors (Lipinski definition) is 6. The van der Waals surface area contributed by atoms with Gasteiger partial charge in [0.1, 0.15) is 17.3 Å². The molecule has 0 radical (unpaired) electrons. The van der Waals surface area contributed by atoms with Gasteiger partial charge in [0, 0.05) is 23.7 Å². The van der Waals surface area contributed by atoms with Crippen LogP contribution in [0.1, 0.15) is 59.2 Å². The molecule has 0 fully saturated rings. The highest BCUT2D eigenvalue weighted by Gasteiger charge is 2.37. The lowest BCUT2D eigenvalue weighted by atomic mass is 9.83. The average Bonchev–Trinajstić information content (AvgIpc) is 3.47. The van der Waals surface area contributed by atoms with Crippen LogP contribution in [0.2, 0.25) is 0 Å². The van der Waals surface area contributed by atoms with E-state index in [0.29, 0.717) is 34.2 Å². The number of nitrogens with zero attached hydrogens (tertiary/aromatic N) is 1. The van der Waals surface area contributed by atoms with E-state index in [1.54, 1.807) is 26.0 Å². The van der Waals surface area contributed by atoms with Crippen LogP contribution >= 0.6 is 0 Å². The number of hydrogen-bond donors (Lipinski definition) is 1. The first-order valence-corrected chi connectivity index (χ1v) is 14.2. The van der Waals surface area contributed by atoms with Crippen LogP contribution < -0.4 is 10.1 Å². The van der Waals surface area contributed by atoms with Crippen molar-refractivity contribution in [1.29, 1.82) is 0 Å². The first kappa shape index (κ1) is 29.4. The van der Waals surface area contributed by atoms with E-state index in [9.17, 15) is 14.4 Å². The number of allylic oxidation sites excluding steroid dienone is 1. The van der Waals surface area contributed by atoms with Crippen molar-refractivity contribution < 1.29 is 28.3 Å². The van der Waals surface area contributed by atoms with E-state index in [-0.39, 0.29) is 31.2 Å². The number of carbonyl (C=O) groups excluding carboxylic acids is 3. The number of nitrogens with one attached hydrogen (secondary N) is 1. The van der Waals surface area contributed by atoms with Gasteiger partial charge in [0.05, 0.1) is 18.7 Å². The molecule has 0 saturated carbocycles. The van der Waals surface area contributed by atoms with Crippen LogP contribution in [0.25, 0.3) is 0 Å². The van der Waals surface area contributed by atoms with Crippen LogP contribution in [0.5, 0.6) is 11.5 Å². The first-order chi connectivity index (χ1) is 20.7. The second-order valence-corrected chi connectivity index (χ2v) is 10.5. The largest absolute Gasteiger partial charge is 0.463 e. The number of furan rings is 1. The highest BCUT2D eigenvalue weighted by Crippen LogP contribution is 2.39. The molecule has 0 saturated heterocycles. The van der Waals surface area contributed by atoms with Crippen LogP contribution in [0.15, 0.2) is 101 Å². The van der Waals surface area contributed by atoms with E-state index in [4.69, 9.17) is 13.9 Å². The van der Waals surface area contributed by atoms with E-state index >= 15 is 0 Å². The van der Waals surface area contributed by atoms with Gasteiger partial charge in [-0.15, -0.1) is 0 Å². The summed E-state index contributed by atoms with van der Waals surface area (Å²) in [5, 5.41) is 2.85. The third-order valence-corrected chi connectivity index (χ3v) is 7.52. The highest BCUT2D eigenvalue weighted by molar-refractivity contribution is 6.02. The minimum absolute atomic E-state index is 0.0567. The van der Waals surface area contributed by atoms with Gasteiger partial charge >= 0.3 is 5.97 Å². The van der Waals surface area contributed by atoms with E-state index in [1.807, 2.05) is 86.6 Å². The fourth-order valence-corrected chi connectivity index (χ4v) is 5.13. The zero-order chi connectivity index (χ0) is 30.5. The number of rotatable bonds is 9. The molecule has 8 nitrogen and oxygen atoms in total. The SMILES string of the molecule is CCOC(=O)C1=C(C)N(Cc2ccc(C(=O)Nc3ccc(C)c(C)c3)o2)C(=O)CC1c1cccc(Oc2ccccc2)c1. The molecule has 0 bridgehead atoms. The molecule has 2 amide bonds. The standard InChI is InChI=1S/C35H34N2O6/c1-5-41-35(40)33-24(4)37(21-29-16-17-31(43-29)34(39)36-26-15-14-22(2)23(3)18-26)32(38)20-30(33)25-10-9-13-28(19-25)42-27-11-7-6-8-12-27/h6-19,30H,5,20-21H2,1-4H3,(H,36,39). The minimum Gasteiger partial charge on any atom is -0.463 e. The van der Waals surface area contributed by atoms with Crippen molar-refractivity contribution >= 4 is 23.5 Å². The van der Waals surface area contributed by atoms with Crippen LogP contribution in [0, 0.1) is 13.8 Å². The second kappa shape index (κ2) is 12.8. The topological polar surface area (TPSA) is 98.1 Å². The van der Waals surface area contributed by atoms with Gasteiger partial charge in [-0.25, -0.2) is 4.79 Å². The molecular weight excluding hydrogens is 544 g/mol. The van der Waals surface area contributed by atoms with Gasteiger partial charge in [-0.3, -0.25) is 9.59 Å². The lowest BCUT2D eigenvalue weighted by Crippen LogP contribution is -2.38. The Balaban J connectivity index is 1.38. The van der Waals surface area contributed by atoms with E-state index in [0.717, 1.165) is 16.7 Å². The fraction of sp³-hybridized carbons (Fsp3) is 0.229. The zero-order valence-corrected chi connectivity index (χ0v) is 24.7. The zero-order valence-electron chi connectivity index (χ0n) is 24.7. The Morgan fingerprint density at radius 3 is 2.42 bits per heavy atom. The fourth-order valence-electron chi connectivity index (χ4n) is 5.13. The quantitative estimate of drug-likeness (QED) is 0.209. The number of para-hydroxylation sites is 1. The van der Waals surface area contributed by atoms with Gasteiger partial charge in [-0.1, -0.05) is 36.4 Å². The molecular formula is C35H34N2O6. The number of benzene rings is 3. The third-order valence-electron chi connectivity index (χ3n) is 7.52. The predicted molar refractivity (Wildman–Crippen MR) is 163 cm³/mol. The monoisotopic (exact) mass is 578 g/mol. The summed E-state index contributed by atoms with van der Waals surface area (Å²) in [6, 6.07) is 25.7. The molecule has 220 valence electrons. The summed E-state index contributed by atoms with van der Waals surface area (Å²) in [7, 11) is 0. The highest BCUT2D eigenvalue weighted by atomic mass is 16.5. The average molecular weight is 579 g/mol. The van der Waals surface area contributed by atoms with Crippen molar-refractivity contribution in [3.8, 4) is 11.5 Å². The summed E-state index contributed by atoms with van der Waals surface area (Å²) >= 11 is 0. The Kier molecular flexibility index (Phi) is 8.76. The maximum atomic E-state index is 13.5. The van der Waals surface area contributed by atoms with Crippen molar-refractivity contribution in [3.05, 3.63) is 124 Å². The number of anilines is 1. The molecule has 1 aliphatic heterocycles. The van der Waals surface area contributed by atoms with E-state index in [1.165, 1.54) is 4.90 Å². The van der Waals surface area contributed by atoms with E-state index < -0.39 is 17.8 Å². The smallest absolute Gasteiger partial charge is 0.336 e. The lowest BCUT2D eigenvalue weighted by molar-refractivity contribution is -0.140. The number of carbonyl (C=O) groups is 3. The lowest BCUT2D eigenvalue weighted by Gasteiger charge is -2.34. The summed E-state index contributed by atoms with van der Waals surface area (Å²) in [5.74, 6) is 0.253. The molecule has 5 rings (SSSR count). The van der Waals surface area contributed by atoms with Gasteiger partial charge in [0.15, 0.2) is 5.76 Å². The molecule has 1 unspecified atom stereocenters. The Morgan fingerprint density at radius 1 is 0.907 bits per heavy atom. The Morgan fingerprint density at radius 2 is 1.67 bits per heavy atom. The number of amides is 2. The molecule has 8 heteroatoms. The summed E-state index contributed by atoms with van der Waals surface area (Å²) in [5.41, 5.74) is 4.51. The molecule has 4 aromatic rings. The molecule has 1 atom stereocenters. The van der Waals surface area contributed by atoms with Crippen molar-refractivity contribution in [2.45, 2.75) is 46.6 Å². The minimum atomic E-state index is -0.516. The first-order valence-electron chi connectivity index (χ1n) is 14.2. The van der Waals surface area contributed by atoms with Gasteiger partial charge in [0.2, 0.25) is 5.91 Å². The van der Waals surface area contributed by atoms with Gasteiger partial charge in [-0.2, -0.15) is 0 Å². The summed E-state index contributed by atoms with van der Waals surface area (Å²) in [6.07, 6.45) is 0.0567. The van der Waals surface area contributed by atoms with Crippen molar-refractivity contribution in [2.75, 3.05) is 11.9 Å². The Labute approximate surface area is 250 Å². The van der Waals surface area contributed by atoms with Crippen molar-refractivity contribution in [1.82, 2.24) is 4.90 Å². The summed E-state index contributed by atoms with van der Waals surface area (Å²) < 4.78 is 17.3. The molecule has 0 aliphatic carbocycles. The maximum Gasteiger partial charge on any atom is 0.336 e. The third kappa shape index (κ3) is 6.70. The Bertz CT molecular complexity index is 1690. The summed E-state index contributed by atoms with van der Waals surface area (Å²) in [6.45, 7) is 7.73. The van der Waals surface area contributed by atoms with Gasteiger partial charge in [0.25, 0.3) is 5.91 Å². The molecule has 2 heterocycles. The molecule has 1 aliphatic rings. The number of ether oxygens (including phenoxy) is 2. The summed E-state index contributed by atoms with van der Waals surface area (Å²) in [4.78, 5) is 41.1. The maximum absolute atomic E-state index is 13.5. The molecule has 3 aromatic carbocycles. The molecule has 0 spiro atoms. The van der Waals surface area contributed by atoms with Gasteiger partial charge < -0.3 is 24.1 Å². The second-order valence-electron chi connectivity index (χ2n) is 10.5. The van der Waals surface area contributed by atoms with Crippen LogP contribution in [-0.4, -0.2) is 29.3 Å². The van der Waals surface area contributed by atoms with Crippen LogP contribution in [-0.2, 0) is 20.9 Å². The predicted octanol–water partition coefficient (Wildman–Crippen LogP) is 7.29. The van der Waals surface area contributed by atoms with E-state index in [2.05, 4.69) is 5.32 Å². The normalized spacial score (nSPS) is 14.9. The van der Waals surface area contributed by atoms with Crippen molar-refractivity contribution in [2.24, 2.45) is 0 Å². The van der Waals surface area contributed by atoms with Crippen LogP contribution in [0.4, 0.5) is 5.69 Å². The number of aryl methyl sites for hydroxylation is 2. The molecule has 1 aromatic heterocycles. The van der Waals surface area contributed by atoms with Gasteiger partial charge in [-0.05, 0) is 92.9 Å². The molecule has 1 N–H and O–H groups in total. The number of esters is 1. The van der Waals surface area contributed by atoms with Crippen LogP contribution in [0.3, 0.4) is 0 Å². The molecule has 43 heavy (non-hydrogen) atoms. The Hall–Kier alpha value is -5.11. The van der Waals surface area contributed by atoms with Crippen molar-refractivity contribution in [3.63, 3.8) is 0 Å².